The van der Waals surface area contributed by atoms with E-state index in [-0.39, 0.29) is 22.4 Å². The van der Waals surface area contributed by atoms with Crippen LogP contribution in [0.4, 0.5) is 0 Å². The van der Waals surface area contributed by atoms with E-state index in [9.17, 15) is 14.4 Å². The highest BCUT2D eigenvalue weighted by molar-refractivity contribution is 8.04. The third kappa shape index (κ3) is 2.09. The van der Waals surface area contributed by atoms with Gasteiger partial charge in [0.2, 0.25) is 5.78 Å². The number of allylic oxidation sites excluding steroid dienone is 2. The van der Waals surface area contributed by atoms with Gasteiger partial charge in [-0.1, -0.05) is 53.4 Å². The Hall–Kier alpha value is -2.22. The summed E-state index contributed by atoms with van der Waals surface area (Å²) >= 11 is 3.85. The largest absolute Gasteiger partial charge is 0.307 e. The lowest BCUT2D eigenvalue weighted by molar-refractivity contribution is 0.0977. The van der Waals surface area contributed by atoms with Crippen LogP contribution in [-0.4, -0.2) is 16.6 Å². The molecular weight excluding hydrogens is 374 g/mol. The van der Waals surface area contributed by atoms with Crippen LogP contribution in [-0.2, 0) is 0 Å². The first-order valence-corrected chi connectivity index (χ1v) is 10.0. The third-order valence-corrected chi connectivity index (χ3v) is 7.49. The molecule has 2 aromatic heterocycles. The zero-order valence-corrected chi connectivity index (χ0v) is 15.0. The fraction of sp³-hybridized carbons (Fsp3) is 0.0556. The molecule has 25 heavy (non-hydrogen) atoms. The molecule has 0 bridgehead atoms. The summed E-state index contributed by atoms with van der Waals surface area (Å²) in [5.74, 6) is -0.628. The first-order valence-electron chi connectivity index (χ1n) is 7.52. The van der Waals surface area contributed by atoms with Crippen LogP contribution < -0.4 is 4.87 Å². The first-order chi connectivity index (χ1) is 12.1. The van der Waals surface area contributed by atoms with Crippen LogP contribution in [0.2, 0.25) is 0 Å². The van der Waals surface area contributed by atoms with Gasteiger partial charge in [0.25, 0.3) is 0 Å². The minimum absolute atomic E-state index is 0.123. The SMILES string of the molecule is O=C1C2=C(C(=O)c3ccccc31)C(c1cccs1)c1sc(=O)[nH]c1S2. The maximum Gasteiger partial charge on any atom is 0.305 e. The molecule has 0 spiro atoms. The average molecular weight is 383 g/mol. The monoisotopic (exact) mass is 383 g/mol. The van der Waals surface area contributed by atoms with Crippen molar-refractivity contribution in [3.8, 4) is 0 Å². The van der Waals surface area contributed by atoms with Crippen molar-refractivity contribution in [3.05, 3.63) is 82.8 Å². The molecule has 0 fully saturated rings. The standard InChI is InChI=1S/C18H9NO3S3/c20-13-8-4-1-2-5-9(8)14(21)15-12(13)11(10-6-3-7-23-10)16-17(24-15)19-18(22)25-16/h1-7,11H,(H,19,22). The number of thiazole rings is 1. The van der Waals surface area contributed by atoms with Gasteiger partial charge in [-0.3, -0.25) is 14.4 Å². The molecule has 0 amide bonds. The molecule has 0 radical (unpaired) electrons. The number of thioether (sulfide) groups is 1. The molecule has 7 heteroatoms. The molecular formula is C18H9NO3S3. The van der Waals surface area contributed by atoms with E-state index < -0.39 is 0 Å². The molecule has 4 nitrogen and oxygen atoms in total. The number of thiophene rings is 1. The number of nitrogens with one attached hydrogen (secondary N) is 1. The molecule has 1 N–H and O–H groups in total. The van der Waals surface area contributed by atoms with Crippen LogP contribution >= 0.6 is 34.4 Å². The minimum atomic E-state index is -0.361. The minimum Gasteiger partial charge on any atom is -0.307 e. The van der Waals surface area contributed by atoms with Crippen molar-refractivity contribution >= 4 is 46.0 Å². The average Bonchev–Trinajstić information content (AvgIpc) is 3.26. The molecule has 0 saturated carbocycles. The Kier molecular flexibility index (Phi) is 3.25. The predicted molar refractivity (Wildman–Crippen MR) is 99.1 cm³/mol. The number of benzene rings is 1. The van der Waals surface area contributed by atoms with Gasteiger partial charge >= 0.3 is 4.87 Å². The summed E-state index contributed by atoms with van der Waals surface area (Å²) in [5, 5.41) is 2.61. The highest BCUT2D eigenvalue weighted by Crippen LogP contribution is 2.52. The Bertz CT molecular complexity index is 1130. The second-order valence-corrected chi connectivity index (χ2v) is 8.72. The highest BCUT2D eigenvalue weighted by atomic mass is 32.2. The number of H-pyrrole nitrogens is 1. The van der Waals surface area contributed by atoms with Crippen LogP contribution in [0.5, 0.6) is 0 Å². The molecule has 1 unspecified atom stereocenters. The number of ketones is 2. The maximum absolute atomic E-state index is 13.2. The van der Waals surface area contributed by atoms with E-state index in [1.54, 1.807) is 24.3 Å². The van der Waals surface area contributed by atoms with Gasteiger partial charge in [0.1, 0.15) is 0 Å². The van der Waals surface area contributed by atoms with Crippen LogP contribution in [0.25, 0.3) is 0 Å². The Morgan fingerprint density at radius 3 is 2.40 bits per heavy atom. The normalized spacial score (nSPS) is 18.8. The first kappa shape index (κ1) is 15.1. The summed E-state index contributed by atoms with van der Waals surface area (Å²) in [4.78, 5) is 43.0. The van der Waals surface area contributed by atoms with E-state index in [4.69, 9.17) is 0 Å². The van der Waals surface area contributed by atoms with E-state index in [0.29, 0.717) is 26.6 Å². The number of rotatable bonds is 1. The van der Waals surface area contributed by atoms with E-state index in [0.717, 1.165) is 21.1 Å². The molecule has 1 aliphatic carbocycles. The number of carbonyl (C=O) groups excluding carboxylic acids is 2. The lowest BCUT2D eigenvalue weighted by Crippen LogP contribution is -2.26. The zero-order chi connectivity index (χ0) is 17.1. The smallest absolute Gasteiger partial charge is 0.305 e. The second kappa shape index (κ2) is 5.39. The molecule has 0 saturated heterocycles. The highest BCUT2D eigenvalue weighted by Gasteiger charge is 2.43. The van der Waals surface area contributed by atoms with Crippen molar-refractivity contribution in [2.24, 2.45) is 0 Å². The fourth-order valence-corrected chi connectivity index (χ4v) is 6.47. The Morgan fingerprint density at radius 2 is 1.68 bits per heavy atom. The number of fused-ring (bicyclic) bond motifs is 2. The van der Waals surface area contributed by atoms with Gasteiger partial charge in [0.05, 0.1) is 20.7 Å². The van der Waals surface area contributed by atoms with Crippen molar-refractivity contribution in [2.75, 3.05) is 0 Å². The Labute approximate surface area is 154 Å². The van der Waals surface area contributed by atoms with Gasteiger partial charge in [0, 0.05) is 21.6 Å². The summed E-state index contributed by atoms with van der Waals surface area (Å²) in [6.45, 7) is 0. The molecule has 5 rings (SSSR count). The van der Waals surface area contributed by atoms with Crippen LogP contribution in [0, 0.1) is 0 Å². The third-order valence-electron chi connectivity index (χ3n) is 4.34. The van der Waals surface area contributed by atoms with Crippen molar-refractivity contribution in [3.63, 3.8) is 0 Å². The molecule has 1 atom stereocenters. The zero-order valence-electron chi connectivity index (χ0n) is 12.6. The van der Waals surface area contributed by atoms with Crippen molar-refractivity contribution in [1.82, 2.24) is 4.98 Å². The van der Waals surface area contributed by atoms with Crippen LogP contribution in [0.15, 0.2) is 62.1 Å². The molecule has 1 aromatic carbocycles. The second-order valence-electron chi connectivity index (χ2n) is 5.71. The lowest BCUT2D eigenvalue weighted by atomic mass is 9.82. The van der Waals surface area contributed by atoms with Gasteiger partial charge < -0.3 is 4.98 Å². The van der Waals surface area contributed by atoms with Crippen molar-refractivity contribution < 1.29 is 9.59 Å². The molecule has 3 heterocycles. The van der Waals surface area contributed by atoms with Gasteiger partial charge in [-0.2, -0.15) is 0 Å². The van der Waals surface area contributed by atoms with E-state index in [1.807, 2.05) is 17.5 Å². The van der Waals surface area contributed by atoms with Gasteiger partial charge in [-0.25, -0.2) is 0 Å². The topological polar surface area (TPSA) is 67.0 Å². The quantitative estimate of drug-likeness (QED) is 0.688. The number of hydrogen-bond donors (Lipinski definition) is 1. The summed E-state index contributed by atoms with van der Waals surface area (Å²) < 4.78 is 0. The van der Waals surface area contributed by atoms with Crippen molar-refractivity contribution in [2.45, 2.75) is 10.9 Å². The van der Waals surface area contributed by atoms with Crippen LogP contribution in [0.1, 0.15) is 36.4 Å². The number of hydrogen-bond acceptors (Lipinski definition) is 6. The molecule has 1 aliphatic heterocycles. The lowest BCUT2D eigenvalue weighted by Gasteiger charge is -2.29. The fourth-order valence-electron chi connectivity index (χ4n) is 3.29. The summed E-state index contributed by atoms with van der Waals surface area (Å²) in [6.07, 6.45) is 0. The Morgan fingerprint density at radius 1 is 0.920 bits per heavy atom. The van der Waals surface area contributed by atoms with Gasteiger partial charge in [-0.05, 0) is 11.4 Å². The number of aromatic amines is 1. The summed E-state index contributed by atoms with van der Waals surface area (Å²) in [5.41, 5.74) is 1.38. The molecule has 122 valence electrons. The number of aromatic nitrogens is 1. The van der Waals surface area contributed by atoms with E-state index >= 15 is 0 Å². The number of Topliss-reactive ketones (excluding diaryl/α,β-unsaturated/α-hetero) is 2. The Balaban J connectivity index is 1.81. The molecule has 2 aliphatic rings. The van der Waals surface area contributed by atoms with Gasteiger partial charge in [0.15, 0.2) is 5.78 Å². The predicted octanol–water partition coefficient (Wildman–Crippen LogP) is 4.07. The summed E-state index contributed by atoms with van der Waals surface area (Å²) in [6, 6.07) is 10.8. The number of carbonyl (C=O) groups is 2. The van der Waals surface area contributed by atoms with Gasteiger partial charge in [-0.15, -0.1) is 11.3 Å². The van der Waals surface area contributed by atoms with Crippen LogP contribution in [0.3, 0.4) is 0 Å². The van der Waals surface area contributed by atoms with E-state index in [1.165, 1.54) is 23.1 Å². The van der Waals surface area contributed by atoms with E-state index in [2.05, 4.69) is 4.98 Å². The molecule has 3 aromatic rings. The summed E-state index contributed by atoms with van der Waals surface area (Å²) in [7, 11) is 0. The van der Waals surface area contributed by atoms with Crippen molar-refractivity contribution in [1.29, 1.82) is 0 Å². The maximum atomic E-state index is 13.2.